The minimum Gasteiger partial charge on any atom is -0.497 e. The second kappa shape index (κ2) is 10.1. The second-order valence-corrected chi connectivity index (χ2v) is 6.30. The van der Waals surface area contributed by atoms with Crippen LogP contribution in [0.5, 0.6) is 11.5 Å². The Balaban J connectivity index is 1.59. The smallest absolute Gasteiger partial charge is 0.274 e. The van der Waals surface area contributed by atoms with Gasteiger partial charge in [0, 0.05) is 18.8 Å². The molecule has 1 heterocycles. The van der Waals surface area contributed by atoms with Gasteiger partial charge in [0.1, 0.15) is 17.2 Å². The first kappa shape index (κ1) is 20.1. The van der Waals surface area contributed by atoms with E-state index in [1.54, 1.807) is 44.7 Å². The van der Waals surface area contributed by atoms with Crippen LogP contribution < -0.4 is 20.1 Å². The first-order valence-corrected chi connectivity index (χ1v) is 9.34. The number of nitrogens with zero attached hydrogens (tertiary/aromatic N) is 2. The molecule has 3 rings (SSSR count). The van der Waals surface area contributed by atoms with Crippen molar-refractivity contribution in [1.82, 2.24) is 9.97 Å². The summed E-state index contributed by atoms with van der Waals surface area (Å²) in [6.07, 6.45) is 3.46. The molecule has 0 aliphatic heterocycles. The van der Waals surface area contributed by atoms with E-state index in [9.17, 15) is 4.79 Å². The molecule has 0 spiro atoms. The van der Waals surface area contributed by atoms with Gasteiger partial charge in [0.15, 0.2) is 0 Å². The van der Waals surface area contributed by atoms with Gasteiger partial charge in [-0.1, -0.05) is 30.3 Å². The number of methoxy groups -OCH3 is 2. The maximum atomic E-state index is 12.6. The van der Waals surface area contributed by atoms with Crippen molar-refractivity contribution in [2.24, 2.45) is 0 Å². The lowest BCUT2D eigenvalue weighted by atomic mass is 10.1. The average Bonchev–Trinajstić information content (AvgIpc) is 2.77. The molecule has 1 aromatic heterocycles. The number of amides is 1. The van der Waals surface area contributed by atoms with Gasteiger partial charge in [0.25, 0.3) is 5.91 Å². The standard InChI is InChI=1S/C22H24N4O3/c1-28-17-10-11-20(29-2)19(15-17)25-21(27)18-12-14-24-22(26-18)23-13-6-9-16-7-4-3-5-8-16/h3-5,7-8,10-12,14-15H,6,9,13H2,1-2H3,(H,25,27)(H,23,24,26). The number of carbonyl (C=O) groups is 1. The number of nitrogens with one attached hydrogen (secondary N) is 2. The van der Waals surface area contributed by atoms with Crippen molar-refractivity contribution in [3.63, 3.8) is 0 Å². The number of rotatable bonds is 9. The van der Waals surface area contributed by atoms with Gasteiger partial charge in [-0.2, -0.15) is 0 Å². The van der Waals surface area contributed by atoms with E-state index in [0.717, 1.165) is 12.8 Å². The summed E-state index contributed by atoms with van der Waals surface area (Å²) in [5, 5.41) is 5.97. The van der Waals surface area contributed by atoms with Crippen molar-refractivity contribution in [1.29, 1.82) is 0 Å². The van der Waals surface area contributed by atoms with E-state index in [2.05, 4.69) is 32.7 Å². The number of anilines is 2. The Labute approximate surface area is 170 Å². The normalized spacial score (nSPS) is 10.3. The predicted octanol–water partition coefficient (Wildman–Crippen LogP) is 3.79. The van der Waals surface area contributed by atoms with E-state index in [1.807, 2.05) is 18.2 Å². The van der Waals surface area contributed by atoms with Crippen LogP contribution in [0.25, 0.3) is 0 Å². The highest BCUT2D eigenvalue weighted by molar-refractivity contribution is 6.03. The van der Waals surface area contributed by atoms with Crippen LogP contribution in [-0.4, -0.2) is 36.6 Å². The monoisotopic (exact) mass is 392 g/mol. The summed E-state index contributed by atoms with van der Waals surface area (Å²) in [5.41, 5.74) is 2.05. The quantitative estimate of drug-likeness (QED) is 0.539. The third-order valence-corrected chi connectivity index (χ3v) is 4.31. The molecule has 2 aromatic carbocycles. The molecule has 150 valence electrons. The summed E-state index contributed by atoms with van der Waals surface area (Å²) in [5.74, 6) is 1.21. The number of benzene rings is 2. The van der Waals surface area contributed by atoms with Crippen molar-refractivity contribution < 1.29 is 14.3 Å². The molecule has 7 nitrogen and oxygen atoms in total. The molecule has 0 saturated heterocycles. The molecule has 0 bridgehead atoms. The first-order valence-electron chi connectivity index (χ1n) is 9.34. The van der Waals surface area contributed by atoms with Crippen LogP contribution in [0.4, 0.5) is 11.6 Å². The third kappa shape index (κ3) is 5.68. The summed E-state index contributed by atoms with van der Waals surface area (Å²) < 4.78 is 10.5. The second-order valence-electron chi connectivity index (χ2n) is 6.30. The van der Waals surface area contributed by atoms with Gasteiger partial charge in [-0.3, -0.25) is 4.79 Å². The molecule has 0 fully saturated rings. The lowest BCUT2D eigenvalue weighted by Crippen LogP contribution is -2.16. The Morgan fingerprint density at radius 1 is 1.03 bits per heavy atom. The van der Waals surface area contributed by atoms with Gasteiger partial charge in [-0.05, 0) is 36.6 Å². The number of hydrogen-bond acceptors (Lipinski definition) is 6. The highest BCUT2D eigenvalue weighted by atomic mass is 16.5. The number of ether oxygens (including phenoxy) is 2. The van der Waals surface area contributed by atoms with Crippen LogP contribution in [0.15, 0.2) is 60.8 Å². The molecule has 2 N–H and O–H groups in total. The first-order chi connectivity index (χ1) is 14.2. The summed E-state index contributed by atoms with van der Waals surface area (Å²) in [6.45, 7) is 0.712. The molecule has 7 heteroatoms. The molecule has 0 aliphatic carbocycles. The predicted molar refractivity (Wildman–Crippen MR) is 113 cm³/mol. The van der Waals surface area contributed by atoms with Crippen LogP contribution in [0, 0.1) is 0 Å². The Kier molecular flexibility index (Phi) is 7.00. The van der Waals surface area contributed by atoms with Crippen LogP contribution in [0.1, 0.15) is 22.5 Å². The van der Waals surface area contributed by atoms with Crippen LogP contribution in [-0.2, 0) is 6.42 Å². The van der Waals surface area contributed by atoms with E-state index in [4.69, 9.17) is 9.47 Å². The van der Waals surface area contributed by atoms with Gasteiger partial charge in [0.2, 0.25) is 5.95 Å². The molecule has 0 saturated carbocycles. The maximum absolute atomic E-state index is 12.6. The minimum absolute atomic E-state index is 0.260. The molecule has 0 radical (unpaired) electrons. The van der Waals surface area contributed by atoms with Gasteiger partial charge in [-0.15, -0.1) is 0 Å². The number of aromatic nitrogens is 2. The molecule has 1 amide bonds. The molecular formula is C22H24N4O3. The summed E-state index contributed by atoms with van der Waals surface area (Å²) in [6, 6.07) is 17.0. The van der Waals surface area contributed by atoms with E-state index >= 15 is 0 Å². The van der Waals surface area contributed by atoms with Gasteiger partial charge < -0.3 is 20.1 Å². The zero-order valence-corrected chi connectivity index (χ0v) is 16.5. The third-order valence-electron chi connectivity index (χ3n) is 4.31. The summed E-state index contributed by atoms with van der Waals surface area (Å²) in [7, 11) is 3.10. The maximum Gasteiger partial charge on any atom is 0.274 e. The van der Waals surface area contributed by atoms with E-state index < -0.39 is 0 Å². The minimum atomic E-state index is -0.355. The van der Waals surface area contributed by atoms with Crippen molar-refractivity contribution in [3.05, 3.63) is 72.1 Å². The zero-order chi connectivity index (χ0) is 20.5. The fraction of sp³-hybridized carbons (Fsp3) is 0.227. The largest absolute Gasteiger partial charge is 0.497 e. The van der Waals surface area contributed by atoms with E-state index in [0.29, 0.717) is 29.7 Å². The average molecular weight is 392 g/mol. The van der Waals surface area contributed by atoms with Crippen molar-refractivity contribution in [2.45, 2.75) is 12.8 Å². The topological polar surface area (TPSA) is 85.4 Å². The van der Waals surface area contributed by atoms with Gasteiger partial charge in [-0.25, -0.2) is 9.97 Å². The molecule has 3 aromatic rings. The number of hydrogen-bond donors (Lipinski definition) is 2. The SMILES string of the molecule is COc1ccc(OC)c(NC(=O)c2ccnc(NCCCc3ccccc3)n2)c1. The van der Waals surface area contributed by atoms with Crippen LogP contribution in [0.2, 0.25) is 0 Å². The Morgan fingerprint density at radius 3 is 2.62 bits per heavy atom. The Hall–Kier alpha value is -3.61. The lowest BCUT2D eigenvalue weighted by molar-refractivity contribution is 0.102. The number of aryl methyl sites for hydroxylation is 1. The lowest BCUT2D eigenvalue weighted by Gasteiger charge is -2.12. The molecule has 0 atom stereocenters. The van der Waals surface area contributed by atoms with Crippen molar-refractivity contribution in [2.75, 3.05) is 31.4 Å². The summed E-state index contributed by atoms with van der Waals surface area (Å²) in [4.78, 5) is 21.1. The van der Waals surface area contributed by atoms with E-state index in [-0.39, 0.29) is 11.6 Å². The highest BCUT2D eigenvalue weighted by Gasteiger charge is 2.13. The Morgan fingerprint density at radius 2 is 1.86 bits per heavy atom. The van der Waals surface area contributed by atoms with Gasteiger partial charge in [0.05, 0.1) is 19.9 Å². The molecule has 0 unspecified atom stereocenters. The molecule has 29 heavy (non-hydrogen) atoms. The summed E-state index contributed by atoms with van der Waals surface area (Å²) >= 11 is 0. The van der Waals surface area contributed by atoms with E-state index in [1.165, 1.54) is 5.56 Å². The fourth-order valence-electron chi connectivity index (χ4n) is 2.81. The van der Waals surface area contributed by atoms with Gasteiger partial charge >= 0.3 is 0 Å². The molecular weight excluding hydrogens is 368 g/mol. The van der Waals surface area contributed by atoms with Crippen molar-refractivity contribution >= 4 is 17.5 Å². The Bertz CT molecular complexity index is 948. The zero-order valence-electron chi connectivity index (χ0n) is 16.5. The highest BCUT2D eigenvalue weighted by Crippen LogP contribution is 2.29. The number of carbonyl (C=O) groups excluding carboxylic acids is 1. The fourth-order valence-corrected chi connectivity index (χ4v) is 2.81. The van der Waals surface area contributed by atoms with Crippen molar-refractivity contribution in [3.8, 4) is 11.5 Å². The van der Waals surface area contributed by atoms with Crippen LogP contribution >= 0.6 is 0 Å². The molecule has 0 aliphatic rings. The van der Waals surface area contributed by atoms with Crippen LogP contribution in [0.3, 0.4) is 0 Å².